The van der Waals surface area contributed by atoms with Crippen LogP contribution >= 0.6 is 0 Å². The number of rotatable bonds is 7. The molecule has 1 aliphatic rings. The van der Waals surface area contributed by atoms with E-state index < -0.39 is 0 Å². The number of nitrogens with zero attached hydrogens (tertiary/aromatic N) is 1. The lowest BCUT2D eigenvalue weighted by atomic mass is 10.0. The molecule has 0 fully saturated rings. The Hall–Kier alpha value is -2.02. The van der Waals surface area contributed by atoms with Gasteiger partial charge in [0.05, 0.1) is 12.7 Å². The van der Waals surface area contributed by atoms with Gasteiger partial charge in [-0.15, -0.1) is 0 Å². The van der Waals surface area contributed by atoms with Gasteiger partial charge in [-0.25, -0.2) is 0 Å². The zero-order valence-electron chi connectivity index (χ0n) is 11.7. The first-order valence-electron chi connectivity index (χ1n) is 7.23. The minimum Gasteiger partial charge on any atom is -0.493 e. The number of hydrogen-bond acceptors (Lipinski definition) is 3. The molecule has 0 atom stereocenters. The standard InChI is InChI=1S/C16H20N2O2/c17-11-4-2-1-3-5-12-20-15-8-6-7-14-13(15)9-10-16(19)18-14/h6-8H,1-5,9-10,12H2,(H,18,19). The highest BCUT2D eigenvalue weighted by Gasteiger charge is 2.17. The van der Waals surface area contributed by atoms with Gasteiger partial charge in [0, 0.05) is 24.1 Å². The number of nitriles is 1. The van der Waals surface area contributed by atoms with Gasteiger partial charge in [0.2, 0.25) is 5.91 Å². The zero-order chi connectivity index (χ0) is 14.2. The van der Waals surface area contributed by atoms with Crippen molar-refractivity contribution in [1.29, 1.82) is 5.26 Å². The molecule has 4 nitrogen and oxygen atoms in total. The van der Waals surface area contributed by atoms with Crippen molar-refractivity contribution in [1.82, 2.24) is 0 Å². The summed E-state index contributed by atoms with van der Waals surface area (Å²) in [6.07, 6.45) is 6.08. The lowest BCUT2D eigenvalue weighted by molar-refractivity contribution is -0.116. The maximum absolute atomic E-state index is 11.3. The molecule has 20 heavy (non-hydrogen) atoms. The average Bonchev–Trinajstić information content (AvgIpc) is 2.46. The van der Waals surface area contributed by atoms with E-state index in [4.69, 9.17) is 10.00 Å². The minimum atomic E-state index is 0.0761. The summed E-state index contributed by atoms with van der Waals surface area (Å²) in [6, 6.07) is 7.95. The van der Waals surface area contributed by atoms with Gasteiger partial charge in [-0.05, 0) is 31.4 Å². The molecule has 0 bridgehead atoms. The number of carbonyl (C=O) groups excluding carboxylic acids is 1. The zero-order valence-corrected chi connectivity index (χ0v) is 11.7. The normalized spacial score (nSPS) is 13.2. The number of nitrogens with one attached hydrogen (secondary N) is 1. The monoisotopic (exact) mass is 272 g/mol. The Bertz CT molecular complexity index is 506. The van der Waals surface area contributed by atoms with Gasteiger partial charge in [0.25, 0.3) is 0 Å². The summed E-state index contributed by atoms with van der Waals surface area (Å²) in [4.78, 5) is 11.3. The first-order chi connectivity index (χ1) is 9.81. The molecule has 1 aromatic carbocycles. The van der Waals surface area contributed by atoms with Crippen molar-refractivity contribution in [3.8, 4) is 11.8 Å². The molecule has 106 valence electrons. The van der Waals surface area contributed by atoms with E-state index in [9.17, 15) is 4.79 Å². The lowest BCUT2D eigenvalue weighted by Crippen LogP contribution is -2.19. The fraction of sp³-hybridized carbons (Fsp3) is 0.500. The molecule has 4 heteroatoms. The van der Waals surface area contributed by atoms with Crippen molar-refractivity contribution in [2.75, 3.05) is 11.9 Å². The van der Waals surface area contributed by atoms with Crippen LogP contribution in [0.3, 0.4) is 0 Å². The smallest absolute Gasteiger partial charge is 0.224 e. The van der Waals surface area contributed by atoms with Gasteiger partial charge < -0.3 is 10.1 Å². The third kappa shape index (κ3) is 3.99. The summed E-state index contributed by atoms with van der Waals surface area (Å²) in [7, 11) is 0. The molecule has 0 aliphatic carbocycles. The molecular weight excluding hydrogens is 252 g/mol. The molecule has 0 unspecified atom stereocenters. The molecular formula is C16H20N2O2. The number of carbonyl (C=O) groups is 1. The third-order valence-electron chi connectivity index (χ3n) is 3.45. The highest BCUT2D eigenvalue weighted by atomic mass is 16.5. The van der Waals surface area contributed by atoms with Crippen LogP contribution < -0.4 is 10.1 Å². The largest absolute Gasteiger partial charge is 0.493 e. The van der Waals surface area contributed by atoms with Crippen LogP contribution in [0.1, 0.15) is 44.1 Å². The number of anilines is 1. The third-order valence-corrected chi connectivity index (χ3v) is 3.45. The average molecular weight is 272 g/mol. The second-order valence-corrected chi connectivity index (χ2v) is 5.00. The number of hydrogen-bond donors (Lipinski definition) is 1. The summed E-state index contributed by atoms with van der Waals surface area (Å²) in [5.74, 6) is 0.965. The van der Waals surface area contributed by atoms with Crippen molar-refractivity contribution >= 4 is 11.6 Å². The van der Waals surface area contributed by atoms with Gasteiger partial charge in [-0.3, -0.25) is 4.79 Å². The molecule has 0 spiro atoms. The maximum Gasteiger partial charge on any atom is 0.224 e. The van der Waals surface area contributed by atoms with E-state index in [0.29, 0.717) is 19.4 Å². The molecule has 1 aliphatic heterocycles. The quantitative estimate of drug-likeness (QED) is 0.773. The second kappa shape index (κ2) is 7.54. The summed E-state index contributed by atoms with van der Waals surface area (Å²) >= 11 is 0. The van der Waals surface area contributed by atoms with E-state index >= 15 is 0 Å². The summed E-state index contributed by atoms with van der Waals surface area (Å²) in [5.41, 5.74) is 1.99. The topological polar surface area (TPSA) is 62.1 Å². The number of unbranched alkanes of at least 4 members (excludes halogenated alkanes) is 4. The Morgan fingerprint density at radius 1 is 1.20 bits per heavy atom. The number of ether oxygens (including phenoxy) is 1. The van der Waals surface area contributed by atoms with Crippen LogP contribution in [0, 0.1) is 11.3 Å². The highest BCUT2D eigenvalue weighted by Crippen LogP contribution is 2.31. The second-order valence-electron chi connectivity index (χ2n) is 5.00. The van der Waals surface area contributed by atoms with Crippen LogP contribution in [-0.4, -0.2) is 12.5 Å². The van der Waals surface area contributed by atoms with Crippen molar-refractivity contribution in [3.63, 3.8) is 0 Å². The van der Waals surface area contributed by atoms with E-state index in [1.165, 1.54) is 0 Å². The number of fused-ring (bicyclic) bond motifs is 1. The van der Waals surface area contributed by atoms with Crippen LogP contribution in [0.4, 0.5) is 5.69 Å². The molecule has 0 radical (unpaired) electrons. The van der Waals surface area contributed by atoms with Crippen LogP contribution in [0.25, 0.3) is 0 Å². The number of amides is 1. The van der Waals surface area contributed by atoms with E-state index in [1.54, 1.807) is 0 Å². The highest BCUT2D eigenvalue weighted by molar-refractivity contribution is 5.94. The van der Waals surface area contributed by atoms with Crippen LogP contribution in [0.2, 0.25) is 0 Å². The van der Waals surface area contributed by atoms with Crippen molar-refractivity contribution in [3.05, 3.63) is 23.8 Å². The first kappa shape index (κ1) is 14.4. The summed E-state index contributed by atoms with van der Waals surface area (Å²) < 4.78 is 5.83. The maximum atomic E-state index is 11.3. The predicted octanol–water partition coefficient (Wildman–Crippen LogP) is 3.42. The lowest BCUT2D eigenvalue weighted by Gasteiger charge is -2.20. The Morgan fingerprint density at radius 2 is 2.05 bits per heavy atom. The van der Waals surface area contributed by atoms with E-state index in [2.05, 4.69) is 11.4 Å². The van der Waals surface area contributed by atoms with E-state index in [1.807, 2.05) is 18.2 Å². The van der Waals surface area contributed by atoms with Crippen LogP contribution in [-0.2, 0) is 11.2 Å². The summed E-state index contributed by atoms with van der Waals surface area (Å²) in [5, 5.41) is 11.3. The number of benzene rings is 1. The Morgan fingerprint density at radius 3 is 2.90 bits per heavy atom. The van der Waals surface area contributed by atoms with Crippen LogP contribution in [0.5, 0.6) is 5.75 Å². The molecule has 1 N–H and O–H groups in total. The predicted molar refractivity (Wildman–Crippen MR) is 77.6 cm³/mol. The molecule has 1 aromatic rings. The first-order valence-corrected chi connectivity index (χ1v) is 7.23. The van der Waals surface area contributed by atoms with E-state index in [-0.39, 0.29) is 5.91 Å². The minimum absolute atomic E-state index is 0.0761. The van der Waals surface area contributed by atoms with Gasteiger partial charge in [0.15, 0.2) is 0 Å². The molecule has 0 saturated carbocycles. The Labute approximate surface area is 119 Å². The Balaban J connectivity index is 1.78. The Kier molecular flexibility index (Phi) is 5.43. The SMILES string of the molecule is N#CCCCCCCOc1cccc2c1CCC(=O)N2. The van der Waals surface area contributed by atoms with Gasteiger partial charge in [-0.2, -0.15) is 5.26 Å². The molecule has 1 amide bonds. The van der Waals surface area contributed by atoms with Gasteiger partial charge >= 0.3 is 0 Å². The van der Waals surface area contributed by atoms with E-state index in [0.717, 1.165) is 49.1 Å². The van der Waals surface area contributed by atoms with Gasteiger partial charge in [0.1, 0.15) is 5.75 Å². The van der Waals surface area contributed by atoms with Gasteiger partial charge in [-0.1, -0.05) is 18.9 Å². The summed E-state index contributed by atoms with van der Waals surface area (Å²) in [6.45, 7) is 0.691. The molecule has 1 heterocycles. The van der Waals surface area contributed by atoms with Crippen molar-refractivity contribution < 1.29 is 9.53 Å². The van der Waals surface area contributed by atoms with Crippen LogP contribution in [0.15, 0.2) is 18.2 Å². The molecule has 2 rings (SSSR count). The van der Waals surface area contributed by atoms with Crippen molar-refractivity contribution in [2.45, 2.75) is 44.9 Å². The fourth-order valence-corrected chi connectivity index (χ4v) is 2.37. The molecule has 0 saturated heterocycles. The molecule has 0 aromatic heterocycles. The van der Waals surface area contributed by atoms with Crippen molar-refractivity contribution in [2.24, 2.45) is 0 Å². The fourth-order valence-electron chi connectivity index (χ4n) is 2.37.